The van der Waals surface area contributed by atoms with Gasteiger partial charge in [-0.05, 0) is 57.8 Å². The molecule has 1 unspecified atom stereocenters. The van der Waals surface area contributed by atoms with E-state index in [2.05, 4.69) is 45.1 Å². The van der Waals surface area contributed by atoms with Crippen LogP contribution in [0.25, 0.3) is 0 Å². The molecule has 0 spiro atoms. The minimum atomic E-state index is -0.770. The number of esters is 3. The van der Waals surface area contributed by atoms with Crippen molar-refractivity contribution in [3.63, 3.8) is 0 Å². The predicted molar refractivity (Wildman–Crippen MR) is 201 cm³/mol. The zero-order valence-electron chi connectivity index (χ0n) is 31.8. The summed E-state index contributed by atoms with van der Waals surface area (Å²) in [6.07, 6.45) is 38.8. The van der Waals surface area contributed by atoms with Gasteiger partial charge in [-0.2, -0.15) is 0 Å². The second-order valence-corrected chi connectivity index (χ2v) is 13.5. The lowest BCUT2D eigenvalue weighted by Gasteiger charge is -2.18. The van der Waals surface area contributed by atoms with E-state index in [-0.39, 0.29) is 31.1 Å². The van der Waals surface area contributed by atoms with Gasteiger partial charge in [0.1, 0.15) is 13.2 Å². The molecular formula is C42H76O6. The summed E-state index contributed by atoms with van der Waals surface area (Å²) in [5.41, 5.74) is 0. The molecule has 0 heterocycles. The van der Waals surface area contributed by atoms with Crippen molar-refractivity contribution < 1.29 is 28.6 Å². The van der Waals surface area contributed by atoms with Gasteiger partial charge >= 0.3 is 17.9 Å². The maximum absolute atomic E-state index is 12.6. The molecule has 0 aliphatic carbocycles. The zero-order valence-corrected chi connectivity index (χ0v) is 31.8. The summed E-state index contributed by atoms with van der Waals surface area (Å²) in [5, 5.41) is 0. The van der Waals surface area contributed by atoms with Gasteiger partial charge in [-0.3, -0.25) is 14.4 Å². The summed E-state index contributed by atoms with van der Waals surface area (Å²) < 4.78 is 16.6. The number of hydrogen-bond acceptors (Lipinski definition) is 6. The van der Waals surface area contributed by atoms with Gasteiger partial charge in [0.05, 0.1) is 0 Å². The van der Waals surface area contributed by atoms with Crippen LogP contribution < -0.4 is 0 Å². The van der Waals surface area contributed by atoms with E-state index in [9.17, 15) is 14.4 Å². The highest BCUT2D eigenvalue weighted by atomic mass is 16.6. The molecule has 0 fully saturated rings. The molecule has 0 radical (unpaired) electrons. The van der Waals surface area contributed by atoms with Crippen LogP contribution in [0, 0.1) is 0 Å². The Morgan fingerprint density at radius 2 is 0.729 bits per heavy atom. The monoisotopic (exact) mass is 677 g/mol. The smallest absolute Gasteiger partial charge is 0.306 e. The molecule has 0 aliphatic heterocycles. The zero-order chi connectivity index (χ0) is 35.2. The molecular weight excluding hydrogens is 600 g/mol. The maximum Gasteiger partial charge on any atom is 0.306 e. The van der Waals surface area contributed by atoms with Crippen molar-refractivity contribution >= 4 is 17.9 Å². The maximum atomic E-state index is 12.6. The molecule has 48 heavy (non-hydrogen) atoms. The number of carbonyl (C=O) groups is 3. The van der Waals surface area contributed by atoms with Crippen molar-refractivity contribution in [3.05, 3.63) is 24.3 Å². The van der Waals surface area contributed by atoms with Gasteiger partial charge in [-0.1, -0.05) is 154 Å². The van der Waals surface area contributed by atoms with Crippen molar-refractivity contribution in [2.75, 3.05) is 13.2 Å². The van der Waals surface area contributed by atoms with Crippen LogP contribution >= 0.6 is 0 Å². The van der Waals surface area contributed by atoms with E-state index in [1.54, 1.807) is 0 Å². The van der Waals surface area contributed by atoms with Crippen molar-refractivity contribution in [1.29, 1.82) is 0 Å². The van der Waals surface area contributed by atoms with Crippen LogP contribution in [0.4, 0.5) is 0 Å². The molecule has 6 heteroatoms. The number of carbonyl (C=O) groups excluding carboxylic acids is 3. The van der Waals surface area contributed by atoms with E-state index in [0.29, 0.717) is 19.3 Å². The lowest BCUT2D eigenvalue weighted by molar-refractivity contribution is -0.167. The highest BCUT2D eigenvalue weighted by molar-refractivity contribution is 5.71. The second-order valence-electron chi connectivity index (χ2n) is 13.5. The molecule has 6 nitrogen and oxygen atoms in total. The summed E-state index contributed by atoms with van der Waals surface area (Å²) in [4.78, 5) is 37.4. The van der Waals surface area contributed by atoms with Gasteiger partial charge in [0, 0.05) is 19.3 Å². The lowest BCUT2D eigenvalue weighted by Crippen LogP contribution is -2.30. The molecule has 0 bridgehead atoms. The van der Waals surface area contributed by atoms with Crippen LogP contribution in [0.1, 0.15) is 207 Å². The molecule has 0 aromatic heterocycles. The third-order valence-electron chi connectivity index (χ3n) is 8.64. The minimum absolute atomic E-state index is 0.0755. The number of unbranched alkanes of at least 4 members (excludes halogenated alkanes) is 21. The highest BCUT2D eigenvalue weighted by Gasteiger charge is 2.19. The van der Waals surface area contributed by atoms with Crippen LogP contribution in [-0.2, 0) is 28.6 Å². The van der Waals surface area contributed by atoms with Gasteiger partial charge < -0.3 is 14.2 Å². The third-order valence-corrected chi connectivity index (χ3v) is 8.64. The standard InChI is InChI=1S/C42H76O6/c1-4-7-10-13-16-19-22-25-28-31-34-40(43)46-37-39(48-42(45)36-33-30-27-24-21-18-15-12-9-6-3)38-47-41(44)35-32-29-26-23-20-17-14-11-8-5-2/h10,12-13,15,39H,4-9,11,14,16-38H2,1-3H3/b13-10-,15-12-. The molecule has 0 aromatic rings. The highest BCUT2D eigenvalue weighted by Crippen LogP contribution is 2.13. The van der Waals surface area contributed by atoms with Crippen molar-refractivity contribution in [3.8, 4) is 0 Å². The molecule has 0 aromatic carbocycles. The normalized spacial score (nSPS) is 12.1. The number of rotatable bonds is 36. The second kappa shape index (κ2) is 37.7. The Labute approximate surface area is 296 Å². The Kier molecular flexibility index (Phi) is 36.0. The van der Waals surface area contributed by atoms with Crippen LogP contribution in [0.3, 0.4) is 0 Å². The van der Waals surface area contributed by atoms with E-state index in [1.807, 2.05) is 0 Å². The summed E-state index contributed by atoms with van der Waals surface area (Å²) in [6.45, 7) is 6.47. The third kappa shape index (κ3) is 35.2. The molecule has 0 aliphatic rings. The van der Waals surface area contributed by atoms with Crippen LogP contribution in [0.15, 0.2) is 24.3 Å². The number of allylic oxidation sites excluding steroid dienone is 4. The summed E-state index contributed by atoms with van der Waals surface area (Å²) in [6, 6.07) is 0. The van der Waals surface area contributed by atoms with E-state index in [0.717, 1.165) is 89.9 Å². The molecule has 1 atom stereocenters. The SMILES string of the molecule is CCC/C=C\CCCCCCCC(=O)OCC(COC(=O)CCCCCCCCCCCC)OC(=O)CCCCCCC/C=C\CCC. The Morgan fingerprint density at radius 3 is 1.12 bits per heavy atom. The first-order chi connectivity index (χ1) is 23.5. The van der Waals surface area contributed by atoms with E-state index in [1.165, 1.54) is 77.0 Å². The first kappa shape index (κ1) is 45.9. The largest absolute Gasteiger partial charge is 0.462 e. The summed E-state index contributed by atoms with van der Waals surface area (Å²) in [5.74, 6) is -0.902. The average molecular weight is 677 g/mol. The fourth-order valence-electron chi connectivity index (χ4n) is 5.56. The Balaban J connectivity index is 4.38. The van der Waals surface area contributed by atoms with Gasteiger partial charge in [0.25, 0.3) is 0 Å². The molecule has 0 amide bonds. The molecule has 280 valence electrons. The molecule has 0 saturated heterocycles. The quantitative estimate of drug-likeness (QED) is 0.0284. The first-order valence-electron chi connectivity index (χ1n) is 20.3. The Hall–Kier alpha value is -2.11. The first-order valence-corrected chi connectivity index (χ1v) is 20.3. The topological polar surface area (TPSA) is 78.9 Å². The van der Waals surface area contributed by atoms with Gasteiger partial charge in [-0.15, -0.1) is 0 Å². The summed E-state index contributed by atoms with van der Waals surface area (Å²) in [7, 11) is 0. The van der Waals surface area contributed by atoms with E-state index >= 15 is 0 Å². The number of hydrogen-bond donors (Lipinski definition) is 0. The van der Waals surface area contributed by atoms with Gasteiger partial charge in [0.2, 0.25) is 0 Å². The van der Waals surface area contributed by atoms with Crippen LogP contribution in [0.5, 0.6) is 0 Å². The molecule has 0 saturated carbocycles. The lowest BCUT2D eigenvalue weighted by atomic mass is 10.1. The van der Waals surface area contributed by atoms with Crippen LogP contribution in [0.2, 0.25) is 0 Å². The fraction of sp³-hybridized carbons (Fsp3) is 0.833. The van der Waals surface area contributed by atoms with E-state index in [4.69, 9.17) is 14.2 Å². The molecule has 0 rings (SSSR count). The van der Waals surface area contributed by atoms with Crippen molar-refractivity contribution in [2.24, 2.45) is 0 Å². The minimum Gasteiger partial charge on any atom is -0.462 e. The van der Waals surface area contributed by atoms with Crippen molar-refractivity contribution in [1.82, 2.24) is 0 Å². The average Bonchev–Trinajstić information content (AvgIpc) is 3.08. The Morgan fingerprint density at radius 1 is 0.396 bits per heavy atom. The van der Waals surface area contributed by atoms with Gasteiger partial charge in [0.15, 0.2) is 6.10 Å². The Bertz CT molecular complexity index is 789. The fourth-order valence-corrected chi connectivity index (χ4v) is 5.56. The van der Waals surface area contributed by atoms with Gasteiger partial charge in [-0.25, -0.2) is 0 Å². The predicted octanol–water partition coefficient (Wildman–Crippen LogP) is 12.5. The van der Waals surface area contributed by atoms with Crippen LogP contribution in [-0.4, -0.2) is 37.2 Å². The summed E-state index contributed by atoms with van der Waals surface area (Å²) >= 11 is 0. The number of ether oxygens (including phenoxy) is 3. The van der Waals surface area contributed by atoms with Crippen molar-refractivity contribution in [2.45, 2.75) is 213 Å². The molecule has 0 N–H and O–H groups in total. The van der Waals surface area contributed by atoms with E-state index < -0.39 is 6.10 Å².